The zero-order chi connectivity index (χ0) is 14.1. The lowest BCUT2D eigenvalue weighted by Crippen LogP contribution is -2.56. The van der Waals surface area contributed by atoms with E-state index in [1.807, 2.05) is 30.3 Å². The van der Waals surface area contributed by atoms with Gasteiger partial charge in [0.1, 0.15) is 11.8 Å². The Hall–Kier alpha value is -2.62. The van der Waals surface area contributed by atoms with E-state index in [2.05, 4.69) is 0 Å². The van der Waals surface area contributed by atoms with Crippen molar-refractivity contribution in [3.8, 4) is 5.75 Å². The molecule has 1 aliphatic rings. The van der Waals surface area contributed by atoms with Gasteiger partial charge in [-0.25, -0.2) is 0 Å². The Bertz CT molecular complexity index is 649. The van der Waals surface area contributed by atoms with Gasteiger partial charge in [-0.1, -0.05) is 30.3 Å². The average molecular weight is 267 g/mol. The molecule has 1 atom stereocenters. The second-order valence-corrected chi connectivity index (χ2v) is 4.55. The van der Waals surface area contributed by atoms with Crippen molar-refractivity contribution in [3.63, 3.8) is 0 Å². The molecule has 0 spiro atoms. The number of ether oxygens (including phenoxy) is 1. The quantitative estimate of drug-likeness (QED) is 0.633. The number of methoxy groups -OCH3 is 1. The fourth-order valence-corrected chi connectivity index (χ4v) is 2.35. The third kappa shape index (κ3) is 1.86. The van der Waals surface area contributed by atoms with Gasteiger partial charge in [0, 0.05) is 5.69 Å². The van der Waals surface area contributed by atoms with E-state index >= 15 is 0 Å². The maximum atomic E-state index is 11.9. The van der Waals surface area contributed by atoms with E-state index in [1.54, 1.807) is 31.4 Å². The smallest absolute Gasteiger partial charge is 0.297 e. The van der Waals surface area contributed by atoms with Crippen LogP contribution in [0.25, 0.3) is 0 Å². The number of nitrogens with zero attached hydrogens (tertiary/aromatic N) is 1. The molecular weight excluding hydrogens is 254 g/mol. The summed E-state index contributed by atoms with van der Waals surface area (Å²) in [5.74, 6) is -0.125. The lowest BCUT2D eigenvalue weighted by Gasteiger charge is -2.38. The summed E-state index contributed by atoms with van der Waals surface area (Å²) in [5.41, 5.74) is 1.53. The fraction of sp³-hybridized carbons (Fsp3) is 0.125. The van der Waals surface area contributed by atoms with E-state index in [4.69, 9.17) is 4.74 Å². The number of hydrogen-bond donors (Lipinski definition) is 0. The van der Waals surface area contributed by atoms with Crippen LogP contribution in [0.4, 0.5) is 5.69 Å². The molecule has 20 heavy (non-hydrogen) atoms. The van der Waals surface area contributed by atoms with Crippen LogP contribution in [-0.4, -0.2) is 18.8 Å². The number of carbonyl (C=O) groups is 2. The first-order valence-corrected chi connectivity index (χ1v) is 6.29. The van der Waals surface area contributed by atoms with Crippen LogP contribution in [0.2, 0.25) is 0 Å². The summed E-state index contributed by atoms with van der Waals surface area (Å²) in [7, 11) is 1.58. The molecule has 1 heterocycles. The van der Waals surface area contributed by atoms with Crippen LogP contribution >= 0.6 is 0 Å². The zero-order valence-electron chi connectivity index (χ0n) is 10.9. The summed E-state index contributed by atoms with van der Waals surface area (Å²) in [6.45, 7) is 0. The minimum Gasteiger partial charge on any atom is -0.497 e. The van der Waals surface area contributed by atoms with E-state index < -0.39 is 11.9 Å². The standard InChI is InChI=1S/C16H13NO3/c1-20-13-9-7-12(8-10-13)17-14(15(18)16(17)19)11-5-3-2-4-6-11/h2-10,14H,1H3/t14-/m0/s1. The van der Waals surface area contributed by atoms with Crippen LogP contribution < -0.4 is 9.64 Å². The van der Waals surface area contributed by atoms with Gasteiger partial charge in [0.2, 0.25) is 5.78 Å². The number of Topliss-reactive ketones (excluding diaryl/α,β-unsaturated/α-hetero) is 1. The Labute approximate surface area is 116 Å². The maximum Gasteiger partial charge on any atom is 0.297 e. The highest BCUT2D eigenvalue weighted by Gasteiger charge is 2.47. The summed E-state index contributed by atoms with van der Waals surface area (Å²) in [6, 6.07) is 15.9. The topological polar surface area (TPSA) is 46.6 Å². The van der Waals surface area contributed by atoms with E-state index in [1.165, 1.54) is 4.90 Å². The highest BCUT2D eigenvalue weighted by molar-refractivity contribution is 6.51. The largest absolute Gasteiger partial charge is 0.497 e. The lowest BCUT2D eigenvalue weighted by molar-refractivity contribution is -0.143. The highest BCUT2D eigenvalue weighted by atomic mass is 16.5. The van der Waals surface area contributed by atoms with E-state index in [0.29, 0.717) is 11.4 Å². The molecule has 1 amide bonds. The molecule has 0 N–H and O–H groups in total. The SMILES string of the molecule is COc1ccc(N2C(=O)C(=O)[C@@H]2c2ccccc2)cc1. The molecule has 0 aliphatic carbocycles. The van der Waals surface area contributed by atoms with Crippen molar-refractivity contribution in [2.45, 2.75) is 6.04 Å². The number of ketones is 1. The van der Waals surface area contributed by atoms with Crippen molar-refractivity contribution >= 4 is 17.4 Å². The first-order chi connectivity index (χ1) is 9.72. The van der Waals surface area contributed by atoms with Gasteiger partial charge in [0.15, 0.2) is 0 Å². The van der Waals surface area contributed by atoms with Crippen molar-refractivity contribution in [2.75, 3.05) is 12.0 Å². The van der Waals surface area contributed by atoms with Gasteiger partial charge >= 0.3 is 0 Å². The maximum absolute atomic E-state index is 11.9. The number of hydrogen-bond acceptors (Lipinski definition) is 3. The van der Waals surface area contributed by atoms with Gasteiger partial charge in [0.05, 0.1) is 7.11 Å². The zero-order valence-corrected chi connectivity index (χ0v) is 10.9. The van der Waals surface area contributed by atoms with Crippen molar-refractivity contribution in [1.82, 2.24) is 0 Å². The van der Waals surface area contributed by atoms with Crippen molar-refractivity contribution < 1.29 is 14.3 Å². The van der Waals surface area contributed by atoms with Crippen LogP contribution in [0.1, 0.15) is 11.6 Å². The van der Waals surface area contributed by atoms with Gasteiger partial charge in [-0.2, -0.15) is 0 Å². The summed E-state index contributed by atoms with van der Waals surface area (Å²) < 4.78 is 5.09. The van der Waals surface area contributed by atoms with Gasteiger partial charge < -0.3 is 4.74 Å². The first-order valence-electron chi connectivity index (χ1n) is 6.29. The first kappa shape index (κ1) is 12.4. The Balaban J connectivity index is 1.94. The molecule has 3 rings (SSSR count). The molecule has 2 aromatic rings. The summed E-state index contributed by atoms with van der Waals surface area (Å²) >= 11 is 0. The van der Waals surface area contributed by atoms with Crippen molar-refractivity contribution in [3.05, 3.63) is 60.2 Å². The van der Waals surface area contributed by atoms with Gasteiger partial charge in [-0.15, -0.1) is 0 Å². The van der Waals surface area contributed by atoms with E-state index in [9.17, 15) is 9.59 Å². The predicted molar refractivity (Wildman–Crippen MR) is 74.7 cm³/mol. The Kier molecular flexibility index (Phi) is 2.99. The molecule has 1 saturated heterocycles. The summed E-state index contributed by atoms with van der Waals surface area (Å²) in [5, 5.41) is 0. The molecule has 0 radical (unpaired) electrons. The van der Waals surface area contributed by atoms with Gasteiger partial charge in [0.25, 0.3) is 5.91 Å². The Morgan fingerprint density at radius 1 is 0.950 bits per heavy atom. The molecule has 1 aliphatic heterocycles. The number of anilines is 1. The molecule has 4 nitrogen and oxygen atoms in total. The van der Waals surface area contributed by atoms with Crippen LogP contribution in [0.15, 0.2) is 54.6 Å². The number of carbonyl (C=O) groups excluding carboxylic acids is 2. The van der Waals surface area contributed by atoms with Crippen molar-refractivity contribution in [1.29, 1.82) is 0 Å². The minimum absolute atomic E-state index is 0.369. The van der Waals surface area contributed by atoms with Crippen LogP contribution in [0.3, 0.4) is 0 Å². The summed E-state index contributed by atoms with van der Waals surface area (Å²) in [4.78, 5) is 25.2. The number of β-lactam (4-membered cyclic amide) rings is 1. The molecule has 4 heteroatoms. The minimum atomic E-state index is -0.517. The normalized spacial score (nSPS) is 17.9. The number of rotatable bonds is 3. The van der Waals surface area contributed by atoms with Gasteiger partial charge in [-0.05, 0) is 29.8 Å². The van der Waals surface area contributed by atoms with Crippen molar-refractivity contribution in [2.24, 2.45) is 0 Å². The second kappa shape index (κ2) is 4.81. The van der Waals surface area contributed by atoms with Crippen LogP contribution in [-0.2, 0) is 9.59 Å². The third-order valence-corrected chi connectivity index (χ3v) is 3.40. The molecule has 0 saturated carbocycles. The molecule has 0 unspecified atom stereocenters. The average Bonchev–Trinajstić information content (AvgIpc) is 2.52. The Morgan fingerprint density at radius 3 is 2.20 bits per heavy atom. The third-order valence-electron chi connectivity index (χ3n) is 3.40. The van der Waals surface area contributed by atoms with E-state index in [-0.39, 0.29) is 5.78 Å². The van der Waals surface area contributed by atoms with Gasteiger partial charge in [-0.3, -0.25) is 14.5 Å². The number of amides is 1. The molecule has 0 aromatic heterocycles. The molecule has 0 bridgehead atoms. The van der Waals surface area contributed by atoms with Crippen LogP contribution in [0, 0.1) is 0 Å². The predicted octanol–water partition coefficient (Wildman–Crippen LogP) is 2.35. The Morgan fingerprint density at radius 2 is 1.60 bits per heavy atom. The molecule has 100 valence electrons. The fourth-order valence-electron chi connectivity index (χ4n) is 2.35. The lowest BCUT2D eigenvalue weighted by atomic mass is 9.91. The second-order valence-electron chi connectivity index (χ2n) is 4.55. The monoisotopic (exact) mass is 267 g/mol. The van der Waals surface area contributed by atoms with E-state index in [0.717, 1.165) is 5.56 Å². The highest BCUT2D eigenvalue weighted by Crippen LogP contribution is 2.36. The molecule has 1 fully saturated rings. The molecular formula is C16H13NO3. The summed E-state index contributed by atoms with van der Waals surface area (Å²) in [6.07, 6.45) is 0. The molecule has 2 aromatic carbocycles. The van der Waals surface area contributed by atoms with Crippen LogP contribution in [0.5, 0.6) is 5.75 Å². The number of benzene rings is 2.